The van der Waals surface area contributed by atoms with Gasteiger partial charge in [-0.3, -0.25) is 4.68 Å². The Morgan fingerprint density at radius 3 is 2.65 bits per heavy atom. The Labute approximate surface area is 155 Å². The maximum Gasteiger partial charge on any atom is 0.242 e. The number of benzene rings is 1. The molecule has 138 valence electrons. The van der Waals surface area contributed by atoms with E-state index in [1.165, 1.54) is 6.33 Å². The molecule has 3 rings (SSSR count). The van der Waals surface area contributed by atoms with E-state index in [0.29, 0.717) is 34.3 Å². The van der Waals surface area contributed by atoms with Crippen molar-refractivity contribution in [3.05, 3.63) is 47.9 Å². The molecule has 3 N–H and O–H groups in total. The van der Waals surface area contributed by atoms with Crippen LogP contribution >= 0.6 is 12.4 Å². The minimum atomic E-state index is -2.44. The Balaban J connectivity index is 0.00000243. The molecule has 0 atom stereocenters. The molecule has 7 nitrogen and oxygen atoms in total. The average Bonchev–Trinajstić information content (AvgIpc) is 2.99. The van der Waals surface area contributed by atoms with E-state index in [2.05, 4.69) is 25.4 Å². The smallest absolute Gasteiger partial charge is 0.242 e. The molecule has 2 heterocycles. The lowest BCUT2D eigenvalue weighted by Crippen LogP contribution is -2.06. The third kappa shape index (κ3) is 4.70. The van der Waals surface area contributed by atoms with Crippen molar-refractivity contribution < 1.29 is 8.78 Å². The summed E-state index contributed by atoms with van der Waals surface area (Å²) in [5, 5.41) is 7.16. The molecular formula is C16H18ClF2N7. The summed E-state index contributed by atoms with van der Waals surface area (Å²) >= 11 is 0. The van der Waals surface area contributed by atoms with E-state index in [0.717, 1.165) is 0 Å². The van der Waals surface area contributed by atoms with Gasteiger partial charge in [0.25, 0.3) is 0 Å². The molecule has 0 aliphatic heterocycles. The monoisotopic (exact) mass is 381 g/mol. The normalized spacial score (nSPS) is 10.7. The molecule has 10 heteroatoms. The zero-order valence-electron chi connectivity index (χ0n) is 13.9. The number of nitrogens with zero attached hydrogens (tertiary/aromatic N) is 5. The van der Waals surface area contributed by atoms with Gasteiger partial charge in [-0.05, 0) is 17.2 Å². The number of halogens is 3. The van der Waals surface area contributed by atoms with Crippen LogP contribution in [0, 0.1) is 0 Å². The second kappa shape index (κ2) is 8.63. The number of hydrogen-bond donors (Lipinski definition) is 2. The fraction of sp³-hybridized carbons (Fsp3) is 0.250. The highest BCUT2D eigenvalue weighted by Crippen LogP contribution is 2.22. The maximum atomic E-state index is 12.8. The first-order chi connectivity index (χ1) is 12.0. The molecule has 0 spiro atoms. The van der Waals surface area contributed by atoms with E-state index in [9.17, 15) is 8.78 Å². The summed E-state index contributed by atoms with van der Waals surface area (Å²) in [6.45, 7) is 0.200. The Kier molecular flexibility index (Phi) is 6.53. The largest absolute Gasteiger partial charge is 0.326 e. The number of aryl methyl sites for hydroxylation is 1. The van der Waals surface area contributed by atoms with Crippen LogP contribution in [0.15, 0.2) is 36.8 Å². The van der Waals surface area contributed by atoms with Crippen LogP contribution in [-0.2, 0) is 20.0 Å². The van der Waals surface area contributed by atoms with Gasteiger partial charge in [-0.15, -0.1) is 12.4 Å². The lowest BCUT2D eigenvalue weighted by Gasteiger charge is -2.10. The summed E-state index contributed by atoms with van der Waals surface area (Å²) in [5.74, 6) is 1.30. The number of anilines is 2. The molecule has 3 aromatic rings. The predicted molar refractivity (Wildman–Crippen MR) is 96.6 cm³/mol. The topological polar surface area (TPSA) is 94.5 Å². The van der Waals surface area contributed by atoms with Crippen LogP contribution in [-0.4, -0.2) is 31.2 Å². The molecule has 0 aliphatic rings. The predicted octanol–water partition coefficient (Wildman–Crippen LogP) is 2.70. The van der Waals surface area contributed by atoms with Gasteiger partial charge in [0, 0.05) is 37.8 Å². The van der Waals surface area contributed by atoms with Crippen molar-refractivity contribution in [2.75, 3.05) is 5.32 Å². The molecule has 0 radical (unpaired) electrons. The van der Waals surface area contributed by atoms with E-state index in [4.69, 9.17) is 5.73 Å². The standard InChI is InChI=1S/C16H17F2N7.ClH/c1-25-5-4-14(24-25)22-16-21-9-20-15(23-16)10-2-3-11(8-19)12(6-10)7-13(17)18;/h2-6,9,13H,7-8,19H2,1H3,(H,20,21,22,23,24);1H. The van der Waals surface area contributed by atoms with Crippen LogP contribution in [0.3, 0.4) is 0 Å². The first-order valence-corrected chi connectivity index (χ1v) is 7.61. The average molecular weight is 382 g/mol. The number of nitrogens with two attached hydrogens (primary N) is 1. The van der Waals surface area contributed by atoms with Crippen molar-refractivity contribution in [3.63, 3.8) is 0 Å². The Hall–Kier alpha value is -2.65. The Bertz CT molecular complexity index is 869. The molecule has 0 fully saturated rings. The molecule has 1 aromatic carbocycles. The van der Waals surface area contributed by atoms with Gasteiger partial charge in [0.05, 0.1) is 0 Å². The molecule has 0 bridgehead atoms. The molecule has 26 heavy (non-hydrogen) atoms. The van der Waals surface area contributed by atoms with Crippen LogP contribution in [0.4, 0.5) is 20.5 Å². The van der Waals surface area contributed by atoms with Crippen molar-refractivity contribution >= 4 is 24.2 Å². The highest BCUT2D eigenvalue weighted by Gasteiger charge is 2.12. The third-order valence-corrected chi connectivity index (χ3v) is 3.58. The Morgan fingerprint density at radius 2 is 2.00 bits per heavy atom. The second-order valence-corrected chi connectivity index (χ2v) is 5.42. The highest BCUT2D eigenvalue weighted by atomic mass is 35.5. The van der Waals surface area contributed by atoms with Crippen LogP contribution in [0.25, 0.3) is 11.4 Å². The quantitative estimate of drug-likeness (QED) is 0.681. The van der Waals surface area contributed by atoms with E-state index >= 15 is 0 Å². The summed E-state index contributed by atoms with van der Waals surface area (Å²) < 4.78 is 27.2. The molecule has 2 aromatic heterocycles. The molecule has 0 unspecified atom stereocenters. The number of nitrogens with one attached hydrogen (secondary N) is 1. The molecule has 0 amide bonds. The van der Waals surface area contributed by atoms with Crippen molar-refractivity contribution in [1.82, 2.24) is 24.7 Å². The van der Waals surface area contributed by atoms with Crippen LogP contribution < -0.4 is 11.1 Å². The zero-order chi connectivity index (χ0) is 17.8. The summed E-state index contributed by atoms with van der Waals surface area (Å²) in [6.07, 6.45) is 0.342. The van der Waals surface area contributed by atoms with Gasteiger partial charge in [-0.1, -0.05) is 12.1 Å². The number of rotatable bonds is 6. The maximum absolute atomic E-state index is 12.8. The molecular weight excluding hydrogens is 364 g/mol. The lowest BCUT2D eigenvalue weighted by molar-refractivity contribution is 0.149. The van der Waals surface area contributed by atoms with Gasteiger partial charge in [0.1, 0.15) is 6.33 Å². The number of aromatic nitrogens is 5. The van der Waals surface area contributed by atoms with E-state index in [1.54, 1.807) is 42.2 Å². The number of alkyl halides is 2. The van der Waals surface area contributed by atoms with Gasteiger partial charge < -0.3 is 11.1 Å². The van der Waals surface area contributed by atoms with E-state index in [1.807, 2.05) is 0 Å². The molecule has 0 saturated carbocycles. The minimum Gasteiger partial charge on any atom is -0.326 e. The number of hydrogen-bond acceptors (Lipinski definition) is 6. The highest BCUT2D eigenvalue weighted by molar-refractivity contribution is 5.85. The summed E-state index contributed by atoms with van der Waals surface area (Å²) in [6, 6.07) is 6.91. The summed E-state index contributed by atoms with van der Waals surface area (Å²) in [5.41, 5.74) is 7.43. The van der Waals surface area contributed by atoms with Crippen molar-refractivity contribution in [2.24, 2.45) is 12.8 Å². The van der Waals surface area contributed by atoms with Crippen molar-refractivity contribution in [2.45, 2.75) is 19.4 Å². The fourth-order valence-corrected chi connectivity index (χ4v) is 2.41. The van der Waals surface area contributed by atoms with Gasteiger partial charge in [-0.25, -0.2) is 18.7 Å². The van der Waals surface area contributed by atoms with Crippen LogP contribution in [0.2, 0.25) is 0 Å². The second-order valence-electron chi connectivity index (χ2n) is 5.42. The molecule has 0 aliphatic carbocycles. The van der Waals surface area contributed by atoms with E-state index < -0.39 is 6.43 Å². The fourth-order valence-electron chi connectivity index (χ4n) is 2.41. The Morgan fingerprint density at radius 1 is 1.19 bits per heavy atom. The van der Waals surface area contributed by atoms with Gasteiger partial charge in [-0.2, -0.15) is 10.1 Å². The summed E-state index contributed by atoms with van der Waals surface area (Å²) in [4.78, 5) is 12.5. The van der Waals surface area contributed by atoms with Crippen molar-refractivity contribution in [3.8, 4) is 11.4 Å². The minimum absolute atomic E-state index is 0. The molecule has 0 saturated heterocycles. The van der Waals surface area contributed by atoms with Gasteiger partial charge >= 0.3 is 0 Å². The van der Waals surface area contributed by atoms with Gasteiger partial charge in [0.2, 0.25) is 12.4 Å². The third-order valence-electron chi connectivity index (χ3n) is 3.58. The van der Waals surface area contributed by atoms with Gasteiger partial charge in [0.15, 0.2) is 11.6 Å². The summed E-state index contributed by atoms with van der Waals surface area (Å²) in [7, 11) is 1.80. The lowest BCUT2D eigenvalue weighted by atomic mass is 10.0. The SMILES string of the molecule is Cl.Cn1ccc(Nc2ncnc(-c3ccc(CN)c(CC(F)F)c3)n2)n1. The van der Waals surface area contributed by atoms with Crippen LogP contribution in [0.1, 0.15) is 11.1 Å². The first-order valence-electron chi connectivity index (χ1n) is 7.61. The zero-order valence-corrected chi connectivity index (χ0v) is 14.7. The first kappa shape index (κ1) is 19.7. The van der Waals surface area contributed by atoms with Crippen molar-refractivity contribution in [1.29, 1.82) is 0 Å². The van der Waals surface area contributed by atoms with Crippen LogP contribution in [0.5, 0.6) is 0 Å². The van der Waals surface area contributed by atoms with E-state index in [-0.39, 0.29) is 25.4 Å².